The SMILES string of the molecule is C=C/C(F)=C(CCC)/N=C(C)/C(C)=C(C)\C=C\C. The maximum atomic E-state index is 13.6. The average molecular weight is 249 g/mol. The van der Waals surface area contributed by atoms with Gasteiger partial charge in [-0.3, -0.25) is 4.99 Å². The van der Waals surface area contributed by atoms with Crippen LogP contribution in [0.15, 0.2) is 52.5 Å². The van der Waals surface area contributed by atoms with Crippen molar-refractivity contribution < 1.29 is 4.39 Å². The molecule has 1 nitrogen and oxygen atoms in total. The molecule has 0 aromatic heterocycles. The minimum Gasteiger partial charge on any atom is -0.255 e. The van der Waals surface area contributed by atoms with Gasteiger partial charge in [-0.15, -0.1) is 0 Å². The van der Waals surface area contributed by atoms with Crippen molar-refractivity contribution in [3.8, 4) is 0 Å². The van der Waals surface area contributed by atoms with Crippen LogP contribution in [0, 0.1) is 0 Å². The first kappa shape index (κ1) is 16.6. The van der Waals surface area contributed by atoms with Gasteiger partial charge in [0.25, 0.3) is 0 Å². The van der Waals surface area contributed by atoms with Crippen LogP contribution in [0.25, 0.3) is 0 Å². The summed E-state index contributed by atoms with van der Waals surface area (Å²) in [6.07, 6.45) is 6.73. The van der Waals surface area contributed by atoms with Gasteiger partial charge in [0.05, 0.1) is 5.70 Å². The van der Waals surface area contributed by atoms with E-state index in [2.05, 4.69) is 11.6 Å². The fourth-order valence-corrected chi connectivity index (χ4v) is 1.53. The molecule has 0 aliphatic carbocycles. The summed E-state index contributed by atoms with van der Waals surface area (Å²) in [5.41, 5.74) is 3.57. The van der Waals surface area contributed by atoms with Crippen LogP contribution in [0.4, 0.5) is 4.39 Å². The molecule has 0 aliphatic rings. The van der Waals surface area contributed by atoms with E-state index in [0.717, 1.165) is 23.3 Å². The second-order valence-corrected chi connectivity index (χ2v) is 4.25. The quantitative estimate of drug-likeness (QED) is 0.433. The largest absolute Gasteiger partial charge is 0.255 e. The van der Waals surface area contributed by atoms with Crippen LogP contribution in [0.2, 0.25) is 0 Å². The minimum absolute atomic E-state index is 0.326. The number of aliphatic imine (C=N–C) groups is 1. The van der Waals surface area contributed by atoms with Gasteiger partial charge in [0.1, 0.15) is 5.83 Å². The molecular weight excluding hydrogens is 225 g/mol. The van der Waals surface area contributed by atoms with Crippen molar-refractivity contribution in [3.05, 3.63) is 47.5 Å². The van der Waals surface area contributed by atoms with Crippen LogP contribution >= 0.6 is 0 Å². The van der Waals surface area contributed by atoms with Gasteiger partial charge in [-0.05, 0) is 51.3 Å². The van der Waals surface area contributed by atoms with E-state index in [1.807, 2.05) is 46.8 Å². The highest BCUT2D eigenvalue weighted by Crippen LogP contribution is 2.17. The van der Waals surface area contributed by atoms with Crippen molar-refractivity contribution in [1.82, 2.24) is 0 Å². The Labute approximate surface area is 111 Å². The Kier molecular flexibility index (Phi) is 7.93. The van der Waals surface area contributed by atoms with Gasteiger partial charge in [-0.25, -0.2) is 4.39 Å². The predicted octanol–water partition coefficient (Wildman–Crippen LogP) is 5.53. The molecule has 0 saturated carbocycles. The Morgan fingerprint density at radius 1 is 1.28 bits per heavy atom. The Morgan fingerprint density at radius 3 is 2.33 bits per heavy atom. The Morgan fingerprint density at radius 2 is 1.89 bits per heavy atom. The summed E-state index contributed by atoms with van der Waals surface area (Å²) in [4.78, 5) is 4.40. The molecule has 0 atom stereocenters. The highest BCUT2D eigenvalue weighted by Gasteiger charge is 2.04. The summed E-state index contributed by atoms with van der Waals surface area (Å²) in [6, 6.07) is 0. The van der Waals surface area contributed by atoms with Crippen molar-refractivity contribution in [1.29, 1.82) is 0 Å². The van der Waals surface area contributed by atoms with E-state index in [1.54, 1.807) is 0 Å². The van der Waals surface area contributed by atoms with Crippen molar-refractivity contribution >= 4 is 5.71 Å². The first-order chi connectivity index (χ1) is 8.47. The number of hydrogen-bond donors (Lipinski definition) is 0. The third kappa shape index (κ3) is 5.26. The molecule has 0 rings (SSSR count). The molecule has 0 fully saturated rings. The molecule has 0 aliphatic heterocycles. The number of halogens is 1. The Balaban J connectivity index is 5.40. The number of nitrogens with zero attached hydrogens (tertiary/aromatic N) is 1. The lowest BCUT2D eigenvalue weighted by Gasteiger charge is -2.07. The molecule has 0 amide bonds. The van der Waals surface area contributed by atoms with Gasteiger partial charge in [-0.2, -0.15) is 0 Å². The first-order valence-corrected chi connectivity index (χ1v) is 6.34. The molecule has 2 heteroatoms. The van der Waals surface area contributed by atoms with E-state index in [-0.39, 0.29) is 5.83 Å². The van der Waals surface area contributed by atoms with Gasteiger partial charge in [0, 0.05) is 5.71 Å². The van der Waals surface area contributed by atoms with Crippen LogP contribution in [-0.4, -0.2) is 5.71 Å². The minimum atomic E-state index is -0.326. The topological polar surface area (TPSA) is 12.4 Å². The monoisotopic (exact) mass is 249 g/mol. The van der Waals surface area contributed by atoms with Crippen LogP contribution in [0.5, 0.6) is 0 Å². The maximum Gasteiger partial charge on any atom is 0.144 e. The second-order valence-electron chi connectivity index (χ2n) is 4.25. The normalized spacial score (nSPS) is 15.6. The molecule has 0 spiro atoms. The summed E-state index contributed by atoms with van der Waals surface area (Å²) in [6.45, 7) is 13.4. The standard InChI is InChI=1S/C16H24FN/c1-7-10-12(4)13(5)14(6)18-16(11-8-2)15(17)9-3/h7,9-10H,3,8,11H2,1-2,4-6H3/b10-7+,13-12-,16-15-,18-14+. The Bertz CT molecular complexity index is 409. The number of rotatable bonds is 6. The molecule has 0 aromatic rings. The van der Waals surface area contributed by atoms with E-state index >= 15 is 0 Å². The maximum absolute atomic E-state index is 13.6. The lowest BCUT2D eigenvalue weighted by atomic mass is 10.1. The lowest BCUT2D eigenvalue weighted by molar-refractivity contribution is 0.640. The summed E-state index contributed by atoms with van der Waals surface area (Å²) >= 11 is 0. The van der Waals surface area contributed by atoms with Crippen molar-refractivity contribution in [2.75, 3.05) is 0 Å². The molecule has 0 N–H and O–H groups in total. The predicted molar refractivity (Wildman–Crippen MR) is 79.5 cm³/mol. The Hall–Kier alpha value is -1.44. The molecule has 0 bridgehead atoms. The molecule has 100 valence electrons. The van der Waals surface area contributed by atoms with Crippen molar-refractivity contribution in [3.63, 3.8) is 0 Å². The molecule has 0 heterocycles. The van der Waals surface area contributed by atoms with Gasteiger partial charge in [0.15, 0.2) is 0 Å². The first-order valence-electron chi connectivity index (χ1n) is 6.34. The van der Waals surface area contributed by atoms with E-state index in [9.17, 15) is 4.39 Å². The molecule has 0 radical (unpaired) electrons. The smallest absolute Gasteiger partial charge is 0.144 e. The van der Waals surface area contributed by atoms with E-state index in [1.165, 1.54) is 6.08 Å². The van der Waals surface area contributed by atoms with E-state index in [0.29, 0.717) is 12.1 Å². The summed E-state index contributed by atoms with van der Waals surface area (Å²) in [7, 11) is 0. The third-order valence-electron chi connectivity index (χ3n) is 2.80. The van der Waals surface area contributed by atoms with E-state index < -0.39 is 0 Å². The summed E-state index contributed by atoms with van der Waals surface area (Å²) in [5, 5.41) is 0. The summed E-state index contributed by atoms with van der Waals surface area (Å²) in [5.74, 6) is -0.326. The van der Waals surface area contributed by atoms with Gasteiger partial charge >= 0.3 is 0 Å². The van der Waals surface area contributed by atoms with Crippen molar-refractivity contribution in [2.24, 2.45) is 4.99 Å². The highest BCUT2D eigenvalue weighted by atomic mass is 19.1. The van der Waals surface area contributed by atoms with E-state index in [4.69, 9.17) is 0 Å². The van der Waals surface area contributed by atoms with Crippen LogP contribution in [0.1, 0.15) is 47.5 Å². The molecular formula is C16H24FN. The summed E-state index contributed by atoms with van der Waals surface area (Å²) < 4.78 is 13.6. The molecule has 18 heavy (non-hydrogen) atoms. The fourth-order valence-electron chi connectivity index (χ4n) is 1.53. The van der Waals surface area contributed by atoms with Crippen LogP contribution < -0.4 is 0 Å². The zero-order valence-electron chi connectivity index (χ0n) is 12.2. The zero-order chi connectivity index (χ0) is 14.1. The van der Waals surface area contributed by atoms with Gasteiger partial charge in [-0.1, -0.05) is 32.1 Å². The molecule has 0 unspecified atom stereocenters. The number of allylic oxidation sites excluding steroid dienone is 7. The lowest BCUT2D eigenvalue weighted by Crippen LogP contribution is -1.98. The third-order valence-corrected chi connectivity index (χ3v) is 2.80. The average Bonchev–Trinajstić information content (AvgIpc) is 2.36. The fraction of sp³-hybridized carbons (Fsp3) is 0.438. The second kappa shape index (κ2) is 8.62. The zero-order valence-corrected chi connectivity index (χ0v) is 12.2. The van der Waals surface area contributed by atoms with Crippen molar-refractivity contribution in [2.45, 2.75) is 47.5 Å². The highest BCUT2D eigenvalue weighted by molar-refractivity contribution is 5.99. The molecule has 0 aromatic carbocycles. The van der Waals surface area contributed by atoms with Crippen LogP contribution in [0.3, 0.4) is 0 Å². The van der Waals surface area contributed by atoms with Crippen LogP contribution in [-0.2, 0) is 0 Å². The van der Waals surface area contributed by atoms with Gasteiger partial charge in [0.2, 0.25) is 0 Å². The van der Waals surface area contributed by atoms with Gasteiger partial charge < -0.3 is 0 Å². The molecule has 0 saturated heterocycles. The number of hydrogen-bond acceptors (Lipinski definition) is 1.